The number of hydrogen-bond acceptors (Lipinski definition) is 1. The summed E-state index contributed by atoms with van der Waals surface area (Å²) in [7, 11) is 0. The number of aryl methyl sites for hydroxylation is 1. The highest BCUT2D eigenvalue weighted by Crippen LogP contribution is 2.08. The fourth-order valence-electron chi connectivity index (χ4n) is 1.15. The lowest BCUT2D eigenvalue weighted by Gasteiger charge is -2.06. The van der Waals surface area contributed by atoms with Crippen molar-refractivity contribution in [2.24, 2.45) is 5.92 Å². The Hall–Kier alpha value is -0.820. The van der Waals surface area contributed by atoms with Crippen LogP contribution in [0.15, 0.2) is 30.3 Å². The molecular formula is C11H16O. The molecule has 0 saturated carbocycles. The SMILES string of the molecule is C[C@@H](CO)CCc1ccccc1. The number of rotatable bonds is 4. The van der Waals surface area contributed by atoms with Gasteiger partial charge in [0, 0.05) is 6.61 Å². The molecule has 0 fully saturated rings. The van der Waals surface area contributed by atoms with Gasteiger partial charge in [-0.15, -0.1) is 0 Å². The quantitative estimate of drug-likeness (QED) is 0.723. The molecule has 1 aromatic carbocycles. The van der Waals surface area contributed by atoms with E-state index in [1.54, 1.807) is 0 Å². The van der Waals surface area contributed by atoms with Crippen LogP contribution in [0.3, 0.4) is 0 Å². The van der Waals surface area contributed by atoms with Crippen molar-refractivity contribution in [3.8, 4) is 0 Å². The summed E-state index contributed by atoms with van der Waals surface area (Å²) in [5.41, 5.74) is 1.36. The van der Waals surface area contributed by atoms with E-state index in [2.05, 4.69) is 31.2 Å². The van der Waals surface area contributed by atoms with Gasteiger partial charge >= 0.3 is 0 Å². The van der Waals surface area contributed by atoms with Crippen molar-refractivity contribution in [2.45, 2.75) is 19.8 Å². The molecule has 1 aromatic rings. The van der Waals surface area contributed by atoms with Gasteiger partial charge in [0.1, 0.15) is 0 Å². The topological polar surface area (TPSA) is 20.2 Å². The van der Waals surface area contributed by atoms with Crippen molar-refractivity contribution in [3.05, 3.63) is 35.9 Å². The third kappa shape index (κ3) is 3.05. The summed E-state index contributed by atoms with van der Waals surface area (Å²) in [5.74, 6) is 0.421. The molecule has 0 aliphatic carbocycles. The van der Waals surface area contributed by atoms with Crippen LogP contribution >= 0.6 is 0 Å². The highest BCUT2D eigenvalue weighted by Gasteiger charge is 1.99. The van der Waals surface area contributed by atoms with Crippen molar-refractivity contribution >= 4 is 0 Å². The maximum absolute atomic E-state index is 8.81. The van der Waals surface area contributed by atoms with Crippen LogP contribution in [0.2, 0.25) is 0 Å². The minimum absolute atomic E-state index is 0.298. The molecular weight excluding hydrogens is 148 g/mol. The fraction of sp³-hybridized carbons (Fsp3) is 0.455. The van der Waals surface area contributed by atoms with E-state index in [4.69, 9.17) is 5.11 Å². The number of aliphatic hydroxyl groups excluding tert-OH is 1. The zero-order valence-corrected chi connectivity index (χ0v) is 7.53. The smallest absolute Gasteiger partial charge is 0.0456 e. The van der Waals surface area contributed by atoms with E-state index in [-0.39, 0.29) is 0 Å². The first-order valence-electron chi connectivity index (χ1n) is 4.47. The normalized spacial score (nSPS) is 12.8. The standard InChI is InChI=1S/C11H16O/c1-10(9-12)7-8-11-5-3-2-4-6-11/h2-6,10,12H,7-9H2,1H3/t10-/m1/s1. The first kappa shape index (κ1) is 9.27. The molecule has 1 rings (SSSR count). The zero-order valence-electron chi connectivity index (χ0n) is 7.53. The van der Waals surface area contributed by atoms with Crippen LogP contribution in [0.1, 0.15) is 18.9 Å². The van der Waals surface area contributed by atoms with Crippen molar-refractivity contribution < 1.29 is 5.11 Å². The Morgan fingerprint density at radius 1 is 1.25 bits per heavy atom. The predicted molar refractivity (Wildman–Crippen MR) is 51.0 cm³/mol. The molecule has 0 bridgehead atoms. The van der Waals surface area contributed by atoms with E-state index < -0.39 is 0 Å². The van der Waals surface area contributed by atoms with E-state index in [1.807, 2.05) is 6.07 Å². The molecule has 0 aliphatic heterocycles. The number of benzene rings is 1. The molecule has 0 spiro atoms. The molecule has 1 atom stereocenters. The van der Waals surface area contributed by atoms with E-state index in [0.717, 1.165) is 12.8 Å². The highest BCUT2D eigenvalue weighted by molar-refractivity contribution is 5.14. The number of hydrogen-bond donors (Lipinski definition) is 1. The summed E-state index contributed by atoms with van der Waals surface area (Å²) in [5, 5.41) is 8.81. The molecule has 0 saturated heterocycles. The average Bonchev–Trinajstić information content (AvgIpc) is 2.16. The molecule has 0 heterocycles. The summed E-state index contributed by atoms with van der Waals surface area (Å²) in [6.07, 6.45) is 2.14. The van der Waals surface area contributed by atoms with Gasteiger partial charge in [-0.1, -0.05) is 37.3 Å². The first-order chi connectivity index (χ1) is 5.83. The van der Waals surface area contributed by atoms with Crippen LogP contribution in [-0.4, -0.2) is 11.7 Å². The van der Waals surface area contributed by atoms with Gasteiger partial charge in [-0.2, -0.15) is 0 Å². The Morgan fingerprint density at radius 2 is 1.92 bits per heavy atom. The Kier molecular flexibility index (Phi) is 3.81. The fourth-order valence-corrected chi connectivity index (χ4v) is 1.15. The lowest BCUT2D eigenvalue weighted by Crippen LogP contribution is -2.01. The van der Waals surface area contributed by atoms with Crippen molar-refractivity contribution in [1.82, 2.24) is 0 Å². The molecule has 0 amide bonds. The number of aliphatic hydroxyl groups is 1. The van der Waals surface area contributed by atoms with Gasteiger partial charge in [-0.05, 0) is 24.3 Å². The molecule has 0 radical (unpaired) electrons. The van der Waals surface area contributed by atoms with Crippen LogP contribution in [-0.2, 0) is 6.42 Å². The Balaban J connectivity index is 2.33. The van der Waals surface area contributed by atoms with Gasteiger partial charge in [0.05, 0.1) is 0 Å². The zero-order chi connectivity index (χ0) is 8.81. The Morgan fingerprint density at radius 3 is 2.50 bits per heavy atom. The molecule has 1 N–H and O–H groups in total. The second kappa shape index (κ2) is 4.94. The monoisotopic (exact) mass is 164 g/mol. The average molecular weight is 164 g/mol. The summed E-state index contributed by atoms with van der Waals surface area (Å²) < 4.78 is 0. The van der Waals surface area contributed by atoms with Crippen LogP contribution in [0, 0.1) is 5.92 Å². The van der Waals surface area contributed by atoms with E-state index in [0.29, 0.717) is 12.5 Å². The lowest BCUT2D eigenvalue weighted by molar-refractivity contribution is 0.230. The maximum atomic E-state index is 8.81. The van der Waals surface area contributed by atoms with E-state index >= 15 is 0 Å². The van der Waals surface area contributed by atoms with Crippen molar-refractivity contribution in [3.63, 3.8) is 0 Å². The summed E-state index contributed by atoms with van der Waals surface area (Å²) in [4.78, 5) is 0. The third-order valence-electron chi connectivity index (χ3n) is 2.08. The van der Waals surface area contributed by atoms with Gasteiger partial charge in [-0.3, -0.25) is 0 Å². The van der Waals surface area contributed by atoms with Crippen LogP contribution < -0.4 is 0 Å². The maximum Gasteiger partial charge on any atom is 0.0456 e. The second-order valence-corrected chi connectivity index (χ2v) is 3.31. The molecule has 0 aliphatic rings. The molecule has 0 aromatic heterocycles. The Bertz CT molecular complexity index is 206. The molecule has 1 heteroatoms. The Labute approximate surface area is 74.1 Å². The predicted octanol–water partition coefficient (Wildman–Crippen LogP) is 2.25. The van der Waals surface area contributed by atoms with Crippen molar-refractivity contribution in [1.29, 1.82) is 0 Å². The minimum atomic E-state index is 0.298. The van der Waals surface area contributed by atoms with Crippen LogP contribution in [0.5, 0.6) is 0 Å². The summed E-state index contributed by atoms with van der Waals surface area (Å²) >= 11 is 0. The van der Waals surface area contributed by atoms with E-state index in [9.17, 15) is 0 Å². The highest BCUT2D eigenvalue weighted by atomic mass is 16.3. The minimum Gasteiger partial charge on any atom is -0.396 e. The van der Waals surface area contributed by atoms with Gasteiger partial charge in [0.25, 0.3) is 0 Å². The molecule has 1 nitrogen and oxygen atoms in total. The van der Waals surface area contributed by atoms with Gasteiger partial charge in [0.2, 0.25) is 0 Å². The molecule has 12 heavy (non-hydrogen) atoms. The van der Waals surface area contributed by atoms with Crippen LogP contribution in [0.4, 0.5) is 0 Å². The van der Waals surface area contributed by atoms with Crippen molar-refractivity contribution in [2.75, 3.05) is 6.61 Å². The van der Waals surface area contributed by atoms with Crippen LogP contribution in [0.25, 0.3) is 0 Å². The van der Waals surface area contributed by atoms with E-state index in [1.165, 1.54) is 5.56 Å². The third-order valence-corrected chi connectivity index (χ3v) is 2.08. The summed E-state index contributed by atoms with van der Waals surface area (Å²) in [6, 6.07) is 10.4. The van der Waals surface area contributed by atoms with Gasteiger partial charge < -0.3 is 5.11 Å². The first-order valence-corrected chi connectivity index (χ1v) is 4.47. The lowest BCUT2D eigenvalue weighted by atomic mass is 10.0. The van der Waals surface area contributed by atoms with Gasteiger partial charge in [0.15, 0.2) is 0 Å². The second-order valence-electron chi connectivity index (χ2n) is 3.31. The van der Waals surface area contributed by atoms with Gasteiger partial charge in [-0.25, -0.2) is 0 Å². The largest absolute Gasteiger partial charge is 0.396 e. The molecule has 66 valence electrons. The molecule has 0 unspecified atom stereocenters. The summed E-state index contributed by atoms with van der Waals surface area (Å²) in [6.45, 7) is 2.37.